The van der Waals surface area contributed by atoms with Crippen LogP contribution in [-0.2, 0) is 14.8 Å². The fourth-order valence-corrected chi connectivity index (χ4v) is 2.74. The maximum Gasteiger partial charge on any atom is 0.239 e. The average molecular weight is 328 g/mol. The molecule has 2 atom stereocenters. The molecule has 0 spiro atoms. The van der Waals surface area contributed by atoms with Gasteiger partial charge in [0.2, 0.25) is 15.9 Å². The minimum atomic E-state index is -3.17. The molecule has 1 aliphatic rings. The molecule has 1 amide bonds. The highest BCUT2D eigenvalue weighted by atomic mass is 35.5. The van der Waals surface area contributed by atoms with E-state index in [4.69, 9.17) is 5.73 Å². The summed E-state index contributed by atoms with van der Waals surface area (Å²) in [5, 5.41) is 0. The molecule has 1 saturated heterocycles. The van der Waals surface area contributed by atoms with E-state index < -0.39 is 16.1 Å². The van der Waals surface area contributed by atoms with Gasteiger partial charge in [-0.2, -0.15) is 0 Å². The summed E-state index contributed by atoms with van der Waals surface area (Å²) in [6.07, 6.45) is 2.98. The Morgan fingerprint density at radius 1 is 1.45 bits per heavy atom. The average Bonchev–Trinajstić information content (AvgIpc) is 2.34. The number of sulfonamides is 1. The van der Waals surface area contributed by atoms with Crippen LogP contribution in [0.1, 0.15) is 26.7 Å². The van der Waals surface area contributed by atoms with E-state index in [9.17, 15) is 13.2 Å². The standard InChI is InChI=1S/C12H25N3O3S.ClH/c1-9(2)11(13)12(16)15-6-4-5-10(8-15)7-14-19(3,17)18;/h9-11,14H,4-8,13H2,1-3H3;1H/t10?,11-;/m0./s1. The number of amides is 1. The zero-order chi connectivity index (χ0) is 14.6. The highest BCUT2D eigenvalue weighted by Crippen LogP contribution is 2.17. The smallest absolute Gasteiger partial charge is 0.239 e. The first kappa shape index (κ1) is 19.6. The SMILES string of the molecule is CC(C)[C@H](N)C(=O)N1CCCC(CNS(C)(=O)=O)C1.Cl. The summed E-state index contributed by atoms with van der Waals surface area (Å²) < 4.78 is 24.7. The first-order valence-corrected chi connectivity index (χ1v) is 8.59. The van der Waals surface area contributed by atoms with Gasteiger partial charge in [-0.15, -0.1) is 12.4 Å². The zero-order valence-corrected chi connectivity index (χ0v) is 14.0. The lowest BCUT2D eigenvalue weighted by molar-refractivity contribution is -0.135. The highest BCUT2D eigenvalue weighted by molar-refractivity contribution is 7.88. The van der Waals surface area contributed by atoms with Crippen molar-refractivity contribution >= 4 is 28.3 Å². The quantitative estimate of drug-likeness (QED) is 0.753. The Balaban J connectivity index is 0.00000361. The van der Waals surface area contributed by atoms with E-state index >= 15 is 0 Å². The molecule has 0 saturated carbocycles. The second-order valence-electron chi connectivity index (χ2n) is 5.68. The van der Waals surface area contributed by atoms with Crippen LogP contribution >= 0.6 is 12.4 Å². The number of nitrogens with one attached hydrogen (secondary N) is 1. The van der Waals surface area contributed by atoms with Gasteiger partial charge < -0.3 is 10.6 Å². The molecule has 1 heterocycles. The molecule has 1 rings (SSSR count). The maximum absolute atomic E-state index is 12.1. The summed E-state index contributed by atoms with van der Waals surface area (Å²) in [7, 11) is -3.17. The van der Waals surface area contributed by atoms with Crippen molar-refractivity contribution < 1.29 is 13.2 Å². The van der Waals surface area contributed by atoms with Crippen LogP contribution in [0.5, 0.6) is 0 Å². The number of piperidine rings is 1. The number of nitrogens with two attached hydrogens (primary N) is 1. The minimum Gasteiger partial charge on any atom is -0.341 e. The van der Waals surface area contributed by atoms with E-state index in [0.717, 1.165) is 19.1 Å². The summed E-state index contributed by atoms with van der Waals surface area (Å²) >= 11 is 0. The molecule has 0 aromatic rings. The summed E-state index contributed by atoms with van der Waals surface area (Å²) in [6.45, 7) is 5.54. The highest BCUT2D eigenvalue weighted by Gasteiger charge is 2.28. The van der Waals surface area contributed by atoms with Crippen LogP contribution in [0.2, 0.25) is 0 Å². The van der Waals surface area contributed by atoms with E-state index in [1.807, 2.05) is 13.8 Å². The Labute approximate surface area is 127 Å². The van der Waals surface area contributed by atoms with E-state index in [1.54, 1.807) is 4.90 Å². The predicted octanol–water partition coefficient (Wildman–Crippen LogP) is 0.179. The van der Waals surface area contributed by atoms with Gasteiger partial charge in [-0.25, -0.2) is 13.1 Å². The van der Waals surface area contributed by atoms with Crippen molar-refractivity contribution in [1.29, 1.82) is 0 Å². The van der Waals surface area contributed by atoms with E-state index in [2.05, 4.69) is 4.72 Å². The number of carbonyl (C=O) groups excluding carboxylic acids is 1. The van der Waals surface area contributed by atoms with Gasteiger partial charge in [0.1, 0.15) is 0 Å². The van der Waals surface area contributed by atoms with Crippen LogP contribution in [0, 0.1) is 11.8 Å². The Bertz CT molecular complexity index is 414. The van der Waals surface area contributed by atoms with Crippen LogP contribution in [0.4, 0.5) is 0 Å². The van der Waals surface area contributed by atoms with Gasteiger partial charge in [-0.05, 0) is 24.7 Å². The van der Waals surface area contributed by atoms with Gasteiger partial charge in [-0.3, -0.25) is 4.79 Å². The van der Waals surface area contributed by atoms with Crippen LogP contribution in [0.3, 0.4) is 0 Å². The van der Waals surface area contributed by atoms with Gasteiger partial charge in [0.05, 0.1) is 12.3 Å². The summed E-state index contributed by atoms with van der Waals surface area (Å²) in [5.74, 6) is 0.257. The van der Waals surface area contributed by atoms with E-state index in [-0.39, 0.29) is 30.2 Å². The summed E-state index contributed by atoms with van der Waals surface area (Å²) in [5.41, 5.74) is 5.88. The van der Waals surface area contributed by atoms with Gasteiger partial charge in [-0.1, -0.05) is 13.8 Å². The largest absolute Gasteiger partial charge is 0.341 e. The number of halogens is 1. The van der Waals surface area contributed by atoms with Gasteiger partial charge in [0, 0.05) is 19.6 Å². The molecule has 8 heteroatoms. The topological polar surface area (TPSA) is 92.5 Å². The molecular weight excluding hydrogens is 302 g/mol. The van der Waals surface area contributed by atoms with Crippen LogP contribution < -0.4 is 10.5 Å². The normalized spacial score (nSPS) is 21.4. The van der Waals surface area contributed by atoms with Crippen molar-refractivity contribution in [2.45, 2.75) is 32.7 Å². The number of nitrogens with zero attached hydrogens (tertiary/aromatic N) is 1. The van der Waals surface area contributed by atoms with Crippen molar-refractivity contribution in [3.63, 3.8) is 0 Å². The molecule has 0 radical (unpaired) electrons. The molecule has 1 fully saturated rings. The maximum atomic E-state index is 12.1. The van der Waals surface area contributed by atoms with Crippen molar-refractivity contribution in [1.82, 2.24) is 9.62 Å². The molecule has 0 aromatic heterocycles. The second-order valence-corrected chi connectivity index (χ2v) is 7.52. The summed E-state index contributed by atoms with van der Waals surface area (Å²) in [4.78, 5) is 13.9. The van der Waals surface area contributed by atoms with Gasteiger partial charge >= 0.3 is 0 Å². The predicted molar refractivity (Wildman–Crippen MR) is 82.2 cm³/mol. The lowest BCUT2D eigenvalue weighted by Gasteiger charge is -2.35. The molecule has 6 nitrogen and oxygen atoms in total. The lowest BCUT2D eigenvalue weighted by atomic mass is 9.96. The third-order valence-electron chi connectivity index (χ3n) is 3.47. The van der Waals surface area contributed by atoms with E-state index in [1.165, 1.54) is 0 Å². The summed E-state index contributed by atoms with van der Waals surface area (Å²) in [6, 6.07) is -0.471. The first-order chi connectivity index (χ1) is 8.70. The number of rotatable bonds is 5. The zero-order valence-electron chi connectivity index (χ0n) is 12.3. The molecule has 1 unspecified atom stereocenters. The number of carbonyl (C=O) groups is 1. The Morgan fingerprint density at radius 2 is 2.05 bits per heavy atom. The van der Waals surface area contributed by atoms with Gasteiger partial charge in [0.15, 0.2) is 0 Å². The number of hydrogen-bond acceptors (Lipinski definition) is 4. The van der Waals surface area contributed by atoms with Crippen molar-refractivity contribution in [3.8, 4) is 0 Å². The third kappa shape index (κ3) is 6.39. The van der Waals surface area contributed by atoms with Gasteiger partial charge in [0.25, 0.3) is 0 Å². The Hall–Kier alpha value is -0.370. The molecule has 20 heavy (non-hydrogen) atoms. The van der Waals surface area contributed by atoms with Crippen molar-refractivity contribution in [2.75, 3.05) is 25.9 Å². The van der Waals surface area contributed by atoms with Crippen LogP contribution in [0.15, 0.2) is 0 Å². The van der Waals surface area contributed by atoms with Crippen LogP contribution in [0.25, 0.3) is 0 Å². The third-order valence-corrected chi connectivity index (χ3v) is 4.16. The first-order valence-electron chi connectivity index (χ1n) is 6.69. The number of likely N-dealkylation sites (tertiary alicyclic amines) is 1. The van der Waals surface area contributed by atoms with Crippen molar-refractivity contribution in [3.05, 3.63) is 0 Å². The van der Waals surface area contributed by atoms with Crippen LogP contribution in [-0.4, -0.2) is 51.2 Å². The second kappa shape index (κ2) is 8.17. The minimum absolute atomic E-state index is 0. The monoisotopic (exact) mass is 327 g/mol. The Morgan fingerprint density at radius 3 is 2.55 bits per heavy atom. The van der Waals surface area contributed by atoms with E-state index in [0.29, 0.717) is 19.6 Å². The molecule has 0 bridgehead atoms. The molecular formula is C12H26ClN3O3S. The molecule has 0 aliphatic carbocycles. The lowest BCUT2D eigenvalue weighted by Crippen LogP contribution is -2.51. The Kier molecular flexibility index (Phi) is 8.01. The fourth-order valence-electron chi connectivity index (χ4n) is 2.20. The molecule has 3 N–H and O–H groups in total. The molecule has 0 aromatic carbocycles. The fraction of sp³-hybridized carbons (Fsp3) is 0.917. The number of hydrogen-bond donors (Lipinski definition) is 2. The van der Waals surface area contributed by atoms with Crippen molar-refractivity contribution in [2.24, 2.45) is 17.6 Å². The molecule has 120 valence electrons. The molecule has 1 aliphatic heterocycles.